The highest BCUT2D eigenvalue weighted by Crippen LogP contribution is 2.29. The summed E-state index contributed by atoms with van der Waals surface area (Å²) in [5.41, 5.74) is 3.81. The van der Waals surface area contributed by atoms with Crippen molar-refractivity contribution >= 4 is 5.97 Å². The standard InChI is InChI=1S/C25H31N3O3/c1-18-13-22(14-19(2)23(18)31-25(3,4)24(29)30)17-28-11-9-27(10-12-28)16-21-7-5-20(15-26)6-8-21/h5-8,13-14H,9-12,16-17H2,1-4H3,(H,29,30). The Hall–Kier alpha value is -2.88. The van der Waals surface area contributed by atoms with Crippen LogP contribution in [-0.2, 0) is 17.9 Å². The predicted molar refractivity (Wildman–Crippen MR) is 120 cm³/mol. The third-order valence-electron chi connectivity index (χ3n) is 5.75. The van der Waals surface area contributed by atoms with Gasteiger partial charge in [0.25, 0.3) is 0 Å². The van der Waals surface area contributed by atoms with E-state index in [1.165, 1.54) is 11.1 Å². The molecule has 6 heteroatoms. The van der Waals surface area contributed by atoms with Gasteiger partial charge in [-0.3, -0.25) is 9.80 Å². The molecule has 1 N–H and O–H groups in total. The van der Waals surface area contributed by atoms with Crippen molar-refractivity contribution < 1.29 is 14.6 Å². The number of nitrogens with zero attached hydrogens (tertiary/aromatic N) is 3. The van der Waals surface area contributed by atoms with E-state index in [2.05, 4.69) is 28.0 Å². The lowest BCUT2D eigenvalue weighted by Crippen LogP contribution is -2.45. The van der Waals surface area contributed by atoms with Crippen molar-refractivity contribution in [1.29, 1.82) is 5.26 Å². The summed E-state index contributed by atoms with van der Waals surface area (Å²) in [5, 5.41) is 18.3. The fourth-order valence-corrected chi connectivity index (χ4v) is 3.90. The smallest absolute Gasteiger partial charge is 0.347 e. The van der Waals surface area contributed by atoms with Gasteiger partial charge < -0.3 is 9.84 Å². The Balaban J connectivity index is 1.56. The van der Waals surface area contributed by atoms with Gasteiger partial charge in [0.1, 0.15) is 5.75 Å². The van der Waals surface area contributed by atoms with Crippen LogP contribution in [0.15, 0.2) is 36.4 Å². The molecule has 1 heterocycles. The Morgan fingerprint density at radius 3 is 1.94 bits per heavy atom. The van der Waals surface area contributed by atoms with E-state index >= 15 is 0 Å². The van der Waals surface area contributed by atoms with Crippen molar-refractivity contribution in [3.63, 3.8) is 0 Å². The highest BCUT2D eigenvalue weighted by molar-refractivity contribution is 5.77. The topological polar surface area (TPSA) is 76.8 Å². The van der Waals surface area contributed by atoms with Crippen molar-refractivity contribution in [2.75, 3.05) is 26.2 Å². The van der Waals surface area contributed by atoms with Crippen LogP contribution in [0.3, 0.4) is 0 Å². The SMILES string of the molecule is Cc1cc(CN2CCN(Cc3ccc(C#N)cc3)CC2)cc(C)c1OC(C)(C)C(=O)O. The lowest BCUT2D eigenvalue weighted by Gasteiger charge is -2.35. The van der Waals surface area contributed by atoms with Crippen LogP contribution in [0.1, 0.15) is 41.7 Å². The number of carbonyl (C=O) groups is 1. The average molecular weight is 422 g/mol. The van der Waals surface area contributed by atoms with E-state index < -0.39 is 11.6 Å². The van der Waals surface area contributed by atoms with Gasteiger partial charge in [0, 0.05) is 39.3 Å². The molecule has 1 aliphatic rings. The van der Waals surface area contributed by atoms with E-state index in [0.717, 1.165) is 50.4 Å². The number of carboxylic acid groups (broad SMARTS) is 1. The van der Waals surface area contributed by atoms with Crippen LogP contribution in [-0.4, -0.2) is 52.7 Å². The van der Waals surface area contributed by atoms with Crippen molar-refractivity contribution in [2.45, 2.75) is 46.4 Å². The van der Waals surface area contributed by atoms with Gasteiger partial charge in [0.15, 0.2) is 5.60 Å². The van der Waals surface area contributed by atoms with Gasteiger partial charge in [0.05, 0.1) is 11.6 Å². The Kier molecular flexibility index (Phi) is 6.99. The molecule has 0 unspecified atom stereocenters. The molecule has 0 amide bonds. The van der Waals surface area contributed by atoms with Crippen molar-refractivity contribution in [3.8, 4) is 11.8 Å². The van der Waals surface area contributed by atoms with E-state index in [0.29, 0.717) is 11.3 Å². The molecule has 164 valence electrons. The second-order valence-corrected chi connectivity index (χ2v) is 8.84. The number of hydrogen-bond donors (Lipinski definition) is 1. The molecule has 0 aliphatic carbocycles. The first-order valence-electron chi connectivity index (χ1n) is 10.6. The van der Waals surface area contributed by atoms with Gasteiger partial charge >= 0.3 is 5.97 Å². The molecule has 1 aliphatic heterocycles. The molecule has 1 fully saturated rings. The molecule has 0 bridgehead atoms. The van der Waals surface area contributed by atoms with Crippen LogP contribution < -0.4 is 4.74 Å². The monoisotopic (exact) mass is 421 g/mol. The highest BCUT2D eigenvalue weighted by Gasteiger charge is 2.30. The van der Waals surface area contributed by atoms with Crippen LogP contribution in [0.5, 0.6) is 5.75 Å². The number of benzene rings is 2. The minimum atomic E-state index is -1.26. The van der Waals surface area contributed by atoms with Gasteiger partial charge in [0.2, 0.25) is 0 Å². The molecule has 1 saturated heterocycles. The maximum Gasteiger partial charge on any atom is 0.347 e. The Bertz CT molecular complexity index is 945. The molecular weight excluding hydrogens is 390 g/mol. The first kappa shape index (κ1) is 22.8. The second kappa shape index (κ2) is 9.51. The summed E-state index contributed by atoms with van der Waals surface area (Å²) in [5.74, 6) is -0.322. The van der Waals surface area contributed by atoms with Gasteiger partial charge in [-0.15, -0.1) is 0 Å². The average Bonchev–Trinajstić information content (AvgIpc) is 2.73. The zero-order chi connectivity index (χ0) is 22.6. The number of aliphatic carboxylic acids is 1. The van der Waals surface area contributed by atoms with Crippen LogP contribution >= 0.6 is 0 Å². The highest BCUT2D eigenvalue weighted by atomic mass is 16.5. The Morgan fingerprint density at radius 1 is 1.00 bits per heavy atom. The number of piperazine rings is 1. The fraction of sp³-hybridized carbons (Fsp3) is 0.440. The van der Waals surface area contributed by atoms with E-state index in [1.807, 2.05) is 38.1 Å². The van der Waals surface area contributed by atoms with Gasteiger partial charge in [-0.1, -0.05) is 24.3 Å². The molecule has 3 rings (SSSR count). The van der Waals surface area contributed by atoms with Crippen LogP contribution in [0.2, 0.25) is 0 Å². The summed E-state index contributed by atoms with van der Waals surface area (Å²) in [6.07, 6.45) is 0. The minimum absolute atomic E-state index is 0.656. The minimum Gasteiger partial charge on any atom is -0.478 e. The van der Waals surface area contributed by atoms with E-state index in [-0.39, 0.29) is 0 Å². The van der Waals surface area contributed by atoms with Gasteiger partial charge in [-0.2, -0.15) is 5.26 Å². The maximum absolute atomic E-state index is 11.4. The Labute approximate surface area is 184 Å². The number of carboxylic acids is 1. The summed E-state index contributed by atoms with van der Waals surface area (Å²) >= 11 is 0. The normalized spacial score (nSPS) is 15.5. The van der Waals surface area contributed by atoms with E-state index in [4.69, 9.17) is 10.00 Å². The zero-order valence-electron chi connectivity index (χ0n) is 18.8. The molecule has 2 aromatic rings. The van der Waals surface area contributed by atoms with Gasteiger partial charge in [-0.05, 0) is 62.1 Å². The number of nitriles is 1. The molecule has 0 saturated carbocycles. The maximum atomic E-state index is 11.4. The molecule has 0 aromatic heterocycles. The predicted octanol–water partition coefficient (Wildman–Crippen LogP) is 3.73. The summed E-state index contributed by atoms with van der Waals surface area (Å²) in [4.78, 5) is 16.3. The fourth-order valence-electron chi connectivity index (χ4n) is 3.90. The Morgan fingerprint density at radius 2 is 1.48 bits per heavy atom. The molecule has 6 nitrogen and oxygen atoms in total. The second-order valence-electron chi connectivity index (χ2n) is 8.84. The number of rotatable bonds is 7. The zero-order valence-corrected chi connectivity index (χ0v) is 18.8. The third-order valence-corrected chi connectivity index (χ3v) is 5.75. The molecule has 31 heavy (non-hydrogen) atoms. The molecular formula is C25H31N3O3. The summed E-state index contributed by atoms with van der Waals surface area (Å²) < 4.78 is 5.82. The van der Waals surface area contributed by atoms with Crippen molar-refractivity contribution in [3.05, 3.63) is 64.2 Å². The largest absolute Gasteiger partial charge is 0.478 e. The van der Waals surface area contributed by atoms with Gasteiger partial charge in [-0.25, -0.2) is 4.79 Å². The van der Waals surface area contributed by atoms with Crippen LogP contribution in [0.4, 0.5) is 0 Å². The first-order chi connectivity index (χ1) is 14.7. The number of ether oxygens (including phenoxy) is 1. The molecule has 0 atom stereocenters. The number of aryl methyl sites for hydroxylation is 2. The molecule has 0 spiro atoms. The first-order valence-corrected chi connectivity index (χ1v) is 10.6. The van der Waals surface area contributed by atoms with E-state index in [9.17, 15) is 9.90 Å². The van der Waals surface area contributed by atoms with Crippen molar-refractivity contribution in [1.82, 2.24) is 9.80 Å². The lowest BCUT2D eigenvalue weighted by molar-refractivity contribution is -0.152. The van der Waals surface area contributed by atoms with Crippen molar-refractivity contribution in [2.24, 2.45) is 0 Å². The molecule has 2 aromatic carbocycles. The summed E-state index contributed by atoms with van der Waals surface area (Å²) in [7, 11) is 0. The quantitative estimate of drug-likeness (QED) is 0.734. The van der Waals surface area contributed by atoms with Crippen LogP contribution in [0.25, 0.3) is 0 Å². The van der Waals surface area contributed by atoms with Crippen LogP contribution in [0, 0.1) is 25.2 Å². The lowest BCUT2D eigenvalue weighted by atomic mass is 10.0. The molecule has 0 radical (unpaired) electrons. The summed E-state index contributed by atoms with van der Waals surface area (Å²) in [6, 6.07) is 14.2. The third kappa shape index (κ3) is 5.84. The summed E-state index contributed by atoms with van der Waals surface area (Å²) in [6.45, 7) is 12.9. The number of hydrogen-bond acceptors (Lipinski definition) is 5. The van der Waals surface area contributed by atoms with E-state index in [1.54, 1.807) is 13.8 Å².